The Balaban J connectivity index is 2.25. The summed E-state index contributed by atoms with van der Waals surface area (Å²) in [5.74, 6) is 1.56. The van der Waals surface area contributed by atoms with Crippen molar-refractivity contribution in [1.29, 1.82) is 0 Å². The third-order valence-corrected chi connectivity index (χ3v) is 3.28. The van der Waals surface area contributed by atoms with Crippen LogP contribution in [0.25, 0.3) is 0 Å². The van der Waals surface area contributed by atoms with Crippen LogP contribution < -0.4 is 0 Å². The van der Waals surface area contributed by atoms with E-state index in [9.17, 15) is 0 Å². The highest BCUT2D eigenvalue weighted by molar-refractivity contribution is 6.30. The predicted octanol–water partition coefficient (Wildman–Crippen LogP) is 3.66. The second-order valence-corrected chi connectivity index (χ2v) is 4.68. The average Bonchev–Trinajstić information content (AvgIpc) is 3.03. The molecule has 1 aliphatic rings. The molecule has 0 radical (unpaired) electrons. The maximum atomic E-state index is 6.12. The molecule has 0 bridgehead atoms. The Kier molecular flexibility index (Phi) is 3.25. The van der Waals surface area contributed by atoms with Crippen molar-refractivity contribution in [1.82, 2.24) is 9.97 Å². The Labute approximate surface area is 96.1 Å². The minimum absolute atomic E-state index is 0.587. The predicted molar refractivity (Wildman–Crippen MR) is 62.4 cm³/mol. The number of unbranched alkanes of at least 4 members (excludes halogenated alkanes) is 1. The largest absolute Gasteiger partial charge is 0.237 e. The highest BCUT2D eigenvalue weighted by Gasteiger charge is 2.27. The van der Waals surface area contributed by atoms with Crippen molar-refractivity contribution in [3.63, 3.8) is 0 Å². The molecule has 1 aromatic rings. The van der Waals surface area contributed by atoms with Gasteiger partial charge in [0, 0.05) is 17.2 Å². The molecule has 1 fully saturated rings. The SMILES string of the molecule is CCCCc1nc(C2CC2)nc(Cl)c1C. The maximum Gasteiger partial charge on any atom is 0.135 e. The summed E-state index contributed by atoms with van der Waals surface area (Å²) in [7, 11) is 0. The topological polar surface area (TPSA) is 25.8 Å². The number of nitrogens with zero attached hydrogens (tertiary/aromatic N) is 2. The second kappa shape index (κ2) is 4.48. The van der Waals surface area contributed by atoms with Gasteiger partial charge in [0.2, 0.25) is 0 Å². The Hall–Kier alpha value is -0.630. The van der Waals surface area contributed by atoms with E-state index in [2.05, 4.69) is 16.9 Å². The van der Waals surface area contributed by atoms with Crippen LogP contribution in [0.1, 0.15) is 55.6 Å². The molecular weight excluding hydrogens is 208 g/mol. The summed E-state index contributed by atoms with van der Waals surface area (Å²) in [5.41, 5.74) is 2.22. The van der Waals surface area contributed by atoms with Crippen molar-refractivity contribution in [3.05, 3.63) is 22.2 Å². The van der Waals surface area contributed by atoms with E-state index in [1.807, 2.05) is 6.92 Å². The fourth-order valence-electron chi connectivity index (χ4n) is 1.66. The number of hydrogen-bond donors (Lipinski definition) is 0. The van der Waals surface area contributed by atoms with Crippen LogP contribution in [-0.2, 0) is 6.42 Å². The van der Waals surface area contributed by atoms with E-state index in [1.54, 1.807) is 0 Å². The zero-order valence-electron chi connectivity index (χ0n) is 9.39. The van der Waals surface area contributed by atoms with Gasteiger partial charge in [-0.3, -0.25) is 0 Å². The number of rotatable bonds is 4. The fraction of sp³-hybridized carbons (Fsp3) is 0.667. The van der Waals surface area contributed by atoms with Crippen LogP contribution in [-0.4, -0.2) is 9.97 Å². The number of aryl methyl sites for hydroxylation is 1. The molecule has 0 N–H and O–H groups in total. The van der Waals surface area contributed by atoms with Crippen molar-refractivity contribution < 1.29 is 0 Å². The summed E-state index contributed by atoms with van der Waals surface area (Å²) in [6.07, 6.45) is 5.86. The van der Waals surface area contributed by atoms with E-state index in [4.69, 9.17) is 11.6 Å². The summed E-state index contributed by atoms with van der Waals surface area (Å²) in [5, 5.41) is 0.651. The third kappa shape index (κ3) is 2.49. The van der Waals surface area contributed by atoms with Gasteiger partial charge in [0.25, 0.3) is 0 Å². The molecule has 2 rings (SSSR count). The molecule has 3 heteroatoms. The van der Waals surface area contributed by atoms with Gasteiger partial charge in [-0.25, -0.2) is 9.97 Å². The third-order valence-electron chi connectivity index (χ3n) is 2.91. The highest BCUT2D eigenvalue weighted by atomic mass is 35.5. The lowest BCUT2D eigenvalue weighted by Crippen LogP contribution is -2.02. The standard InChI is InChI=1S/C12H17ClN2/c1-3-4-5-10-8(2)11(13)15-12(14-10)9-6-7-9/h9H,3-7H2,1-2H3. The van der Waals surface area contributed by atoms with E-state index >= 15 is 0 Å². The van der Waals surface area contributed by atoms with Crippen LogP contribution in [0.5, 0.6) is 0 Å². The Morgan fingerprint density at radius 3 is 2.67 bits per heavy atom. The average molecular weight is 225 g/mol. The molecule has 0 spiro atoms. The quantitative estimate of drug-likeness (QED) is 0.730. The molecular formula is C12H17ClN2. The minimum Gasteiger partial charge on any atom is -0.237 e. The summed E-state index contributed by atoms with van der Waals surface area (Å²) in [6, 6.07) is 0. The van der Waals surface area contributed by atoms with Crippen LogP contribution in [0, 0.1) is 6.92 Å². The lowest BCUT2D eigenvalue weighted by Gasteiger charge is -2.08. The summed E-state index contributed by atoms with van der Waals surface area (Å²) in [4.78, 5) is 8.99. The van der Waals surface area contributed by atoms with Gasteiger partial charge in [-0.05, 0) is 32.6 Å². The smallest absolute Gasteiger partial charge is 0.135 e. The van der Waals surface area contributed by atoms with E-state index < -0.39 is 0 Å². The molecule has 1 saturated carbocycles. The fourth-order valence-corrected chi connectivity index (χ4v) is 1.86. The van der Waals surface area contributed by atoms with Gasteiger partial charge in [-0.2, -0.15) is 0 Å². The van der Waals surface area contributed by atoms with E-state index in [0.717, 1.165) is 23.5 Å². The molecule has 1 aromatic heterocycles. The Bertz CT molecular complexity index is 359. The molecule has 0 amide bonds. The molecule has 0 unspecified atom stereocenters. The van der Waals surface area contributed by atoms with Crippen molar-refractivity contribution >= 4 is 11.6 Å². The van der Waals surface area contributed by atoms with Crippen LogP contribution >= 0.6 is 11.6 Å². The first kappa shape index (κ1) is 10.9. The molecule has 0 aromatic carbocycles. The van der Waals surface area contributed by atoms with Crippen LogP contribution in [0.3, 0.4) is 0 Å². The Morgan fingerprint density at radius 1 is 1.33 bits per heavy atom. The highest BCUT2D eigenvalue weighted by Crippen LogP contribution is 2.38. The van der Waals surface area contributed by atoms with Crippen LogP contribution in [0.4, 0.5) is 0 Å². The molecule has 0 saturated heterocycles. The summed E-state index contributed by atoms with van der Waals surface area (Å²) in [6.45, 7) is 4.21. The Morgan fingerprint density at radius 2 is 2.07 bits per heavy atom. The molecule has 0 aliphatic heterocycles. The van der Waals surface area contributed by atoms with Crippen molar-refractivity contribution in [2.45, 2.75) is 51.9 Å². The van der Waals surface area contributed by atoms with Crippen LogP contribution in [0.15, 0.2) is 0 Å². The number of hydrogen-bond acceptors (Lipinski definition) is 2. The van der Waals surface area contributed by atoms with Gasteiger partial charge < -0.3 is 0 Å². The lowest BCUT2D eigenvalue weighted by molar-refractivity contribution is 0.753. The normalized spacial score (nSPS) is 15.7. The van der Waals surface area contributed by atoms with Gasteiger partial charge >= 0.3 is 0 Å². The maximum absolute atomic E-state index is 6.12. The monoisotopic (exact) mass is 224 g/mol. The van der Waals surface area contributed by atoms with Gasteiger partial charge in [-0.15, -0.1) is 0 Å². The zero-order chi connectivity index (χ0) is 10.8. The van der Waals surface area contributed by atoms with Gasteiger partial charge in [-0.1, -0.05) is 24.9 Å². The van der Waals surface area contributed by atoms with Crippen molar-refractivity contribution in [2.24, 2.45) is 0 Å². The second-order valence-electron chi connectivity index (χ2n) is 4.32. The molecule has 0 atom stereocenters. The molecule has 82 valence electrons. The first-order valence-electron chi connectivity index (χ1n) is 5.75. The summed E-state index contributed by atoms with van der Waals surface area (Å²) >= 11 is 6.12. The van der Waals surface area contributed by atoms with Crippen LogP contribution in [0.2, 0.25) is 5.15 Å². The number of aromatic nitrogens is 2. The zero-order valence-corrected chi connectivity index (χ0v) is 10.1. The first-order chi connectivity index (χ1) is 7.22. The molecule has 1 aliphatic carbocycles. The molecule has 2 nitrogen and oxygen atoms in total. The van der Waals surface area contributed by atoms with Crippen molar-refractivity contribution in [3.8, 4) is 0 Å². The minimum atomic E-state index is 0.587. The van der Waals surface area contributed by atoms with Gasteiger partial charge in [0.1, 0.15) is 11.0 Å². The summed E-state index contributed by atoms with van der Waals surface area (Å²) < 4.78 is 0. The van der Waals surface area contributed by atoms with Gasteiger partial charge in [0.15, 0.2) is 0 Å². The first-order valence-corrected chi connectivity index (χ1v) is 6.13. The number of halogens is 1. The molecule has 1 heterocycles. The van der Waals surface area contributed by atoms with E-state index in [0.29, 0.717) is 11.1 Å². The van der Waals surface area contributed by atoms with Gasteiger partial charge in [0.05, 0.1) is 0 Å². The van der Waals surface area contributed by atoms with E-state index in [-0.39, 0.29) is 0 Å². The molecule has 15 heavy (non-hydrogen) atoms. The van der Waals surface area contributed by atoms with Crippen molar-refractivity contribution in [2.75, 3.05) is 0 Å². The van der Waals surface area contributed by atoms with E-state index in [1.165, 1.54) is 25.7 Å². The lowest BCUT2D eigenvalue weighted by atomic mass is 10.1.